The molecule has 0 aromatic carbocycles. The van der Waals surface area contributed by atoms with Gasteiger partial charge in [0.2, 0.25) is 0 Å². The van der Waals surface area contributed by atoms with Crippen molar-refractivity contribution >= 4 is 11.3 Å². The first kappa shape index (κ1) is 10.9. The molecule has 0 amide bonds. The molecule has 1 aliphatic carbocycles. The predicted molar refractivity (Wildman–Crippen MR) is 62.9 cm³/mol. The Labute approximate surface area is 94.6 Å². The van der Waals surface area contributed by atoms with Crippen molar-refractivity contribution in [3.05, 3.63) is 16.3 Å². The van der Waals surface area contributed by atoms with E-state index in [0.717, 1.165) is 18.1 Å². The van der Waals surface area contributed by atoms with Crippen LogP contribution in [0.5, 0.6) is 5.75 Å². The highest BCUT2D eigenvalue weighted by Crippen LogP contribution is 2.39. The smallest absolute Gasteiger partial charge is 0.134 e. The van der Waals surface area contributed by atoms with E-state index < -0.39 is 0 Å². The summed E-state index contributed by atoms with van der Waals surface area (Å²) in [6.07, 6.45) is 5.22. The molecule has 84 valence electrons. The van der Waals surface area contributed by atoms with Gasteiger partial charge in [-0.05, 0) is 23.8 Å². The van der Waals surface area contributed by atoms with Gasteiger partial charge in [-0.15, -0.1) is 11.3 Å². The normalized spacial score (nSPS) is 18.5. The summed E-state index contributed by atoms with van der Waals surface area (Å²) in [6, 6.07) is 2.26. The van der Waals surface area contributed by atoms with Gasteiger partial charge in [0.25, 0.3) is 0 Å². The molecule has 0 bridgehead atoms. The molecule has 3 N–H and O–H groups in total. The second-order valence-corrected chi connectivity index (χ2v) is 5.05. The number of nitrogens with one attached hydrogen (secondary N) is 1. The van der Waals surface area contributed by atoms with Crippen LogP contribution in [0.25, 0.3) is 0 Å². The summed E-state index contributed by atoms with van der Waals surface area (Å²) in [6.45, 7) is 0. The molecule has 3 nitrogen and oxygen atoms in total. The Morgan fingerprint density at radius 2 is 2.47 bits per heavy atom. The van der Waals surface area contributed by atoms with E-state index in [1.54, 1.807) is 18.4 Å². The van der Waals surface area contributed by atoms with E-state index >= 15 is 0 Å². The average molecular weight is 226 g/mol. The van der Waals surface area contributed by atoms with Gasteiger partial charge in [-0.25, -0.2) is 0 Å². The molecule has 1 fully saturated rings. The van der Waals surface area contributed by atoms with Gasteiger partial charge in [0, 0.05) is 0 Å². The topological polar surface area (TPSA) is 47.3 Å². The Morgan fingerprint density at radius 3 is 3.00 bits per heavy atom. The maximum atomic E-state index is 5.62. The molecule has 0 spiro atoms. The van der Waals surface area contributed by atoms with Crippen molar-refractivity contribution in [3.8, 4) is 5.75 Å². The summed E-state index contributed by atoms with van der Waals surface area (Å²) in [5.41, 5.74) is 2.91. The van der Waals surface area contributed by atoms with Gasteiger partial charge >= 0.3 is 0 Å². The van der Waals surface area contributed by atoms with Crippen molar-refractivity contribution in [2.24, 2.45) is 11.8 Å². The number of hydrogen-bond donors (Lipinski definition) is 2. The van der Waals surface area contributed by atoms with Gasteiger partial charge in [-0.2, -0.15) is 0 Å². The zero-order chi connectivity index (χ0) is 10.7. The number of hydrogen-bond acceptors (Lipinski definition) is 4. The number of nitrogens with two attached hydrogens (primary N) is 1. The number of rotatable bonds is 5. The minimum absolute atomic E-state index is 0.255. The van der Waals surface area contributed by atoms with E-state index in [2.05, 4.69) is 10.8 Å². The zero-order valence-electron chi connectivity index (χ0n) is 9.03. The Hall–Kier alpha value is -0.580. The summed E-state index contributed by atoms with van der Waals surface area (Å²) in [7, 11) is 1.71. The fourth-order valence-electron chi connectivity index (χ4n) is 2.04. The Kier molecular flexibility index (Phi) is 3.61. The molecular weight excluding hydrogens is 208 g/mol. The molecule has 1 aliphatic rings. The summed E-state index contributed by atoms with van der Waals surface area (Å²) in [5, 5.41) is 2.05. The molecule has 1 atom stereocenters. The highest BCUT2D eigenvalue weighted by molar-refractivity contribution is 7.10. The maximum absolute atomic E-state index is 5.62. The van der Waals surface area contributed by atoms with Crippen LogP contribution in [0.4, 0.5) is 0 Å². The van der Waals surface area contributed by atoms with Gasteiger partial charge in [-0.3, -0.25) is 11.3 Å². The van der Waals surface area contributed by atoms with Crippen LogP contribution in [0, 0.1) is 5.92 Å². The second-order valence-electron chi connectivity index (χ2n) is 4.11. The SMILES string of the molecule is COc1ccsc1C(CC1CCC1)NN. The molecule has 2 rings (SSSR count). The monoisotopic (exact) mass is 226 g/mol. The van der Waals surface area contributed by atoms with Gasteiger partial charge in [0.05, 0.1) is 18.0 Å². The fourth-order valence-corrected chi connectivity index (χ4v) is 2.98. The lowest BCUT2D eigenvalue weighted by Gasteiger charge is -2.29. The summed E-state index contributed by atoms with van der Waals surface area (Å²) >= 11 is 1.72. The third kappa shape index (κ3) is 2.33. The highest BCUT2D eigenvalue weighted by Gasteiger charge is 2.24. The van der Waals surface area contributed by atoms with Gasteiger partial charge < -0.3 is 4.74 Å². The van der Waals surface area contributed by atoms with Crippen LogP contribution in [0.1, 0.15) is 36.6 Å². The Morgan fingerprint density at radius 1 is 1.67 bits per heavy atom. The molecule has 4 heteroatoms. The van der Waals surface area contributed by atoms with Crippen LogP contribution in [0.15, 0.2) is 11.4 Å². The minimum atomic E-state index is 0.255. The van der Waals surface area contributed by atoms with Crippen molar-refractivity contribution in [1.29, 1.82) is 0 Å². The third-order valence-electron chi connectivity index (χ3n) is 3.19. The number of hydrazine groups is 1. The largest absolute Gasteiger partial charge is 0.496 e. The van der Waals surface area contributed by atoms with Gasteiger partial charge in [0.1, 0.15) is 5.75 Å². The Balaban J connectivity index is 2.04. The molecular formula is C11H18N2OS. The third-order valence-corrected chi connectivity index (χ3v) is 4.20. The maximum Gasteiger partial charge on any atom is 0.134 e. The minimum Gasteiger partial charge on any atom is -0.496 e. The van der Waals surface area contributed by atoms with E-state index in [9.17, 15) is 0 Å². The van der Waals surface area contributed by atoms with Crippen LogP contribution in [-0.2, 0) is 0 Å². The Bertz CT molecular complexity index is 309. The van der Waals surface area contributed by atoms with Gasteiger partial charge in [-0.1, -0.05) is 19.3 Å². The first-order valence-corrected chi connectivity index (χ1v) is 6.30. The molecule has 0 saturated heterocycles. The standard InChI is InChI=1S/C11H18N2OS/c1-14-10-5-6-15-11(10)9(13-12)7-8-3-2-4-8/h5-6,8-9,13H,2-4,7,12H2,1H3. The van der Waals surface area contributed by atoms with Crippen LogP contribution in [-0.4, -0.2) is 7.11 Å². The number of methoxy groups -OCH3 is 1. The molecule has 1 aromatic rings. The molecule has 1 aromatic heterocycles. The molecule has 1 unspecified atom stereocenters. The van der Waals surface area contributed by atoms with Gasteiger partial charge in [0.15, 0.2) is 0 Å². The van der Waals surface area contributed by atoms with E-state index in [0.29, 0.717) is 0 Å². The van der Waals surface area contributed by atoms with Crippen LogP contribution >= 0.6 is 11.3 Å². The average Bonchev–Trinajstić information content (AvgIpc) is 2.64. The molecule has 15 heavy (non-hydrogen) atoms. The van der Waals surface area contributed by atoms with E-state index in [1.165, 1.54) is 24.1 Å². The first-order chi connectivity index (χ1) is 7.35. The lowest BCUT2D eigenvalue weighted by molar-refractivity contribution is 0.261. The predicted octanol–water partition coefficient (Wildman–Crippen LogP) is 2.45. The summed E-state index contributed by atoms with van der Waals surface area (Å²) < 4.78 is 5.32. The van der Waals surface area contributed by atoms with Crippen LogP contribution in [0.2, 0.25) is 0 Å². The summed E-state index contributed by atoms with van der Waals surface area (Å²) in [4.78, 5) is 1.23. The fraction of sp³-hybridized carbons (Fsp3) is 0.636. The number of ether oxygens (including phenoxy) is 1. The lowest BCUT2D eigenvalue weighted by atomic mass is 9.80. The van der Waals surface area contributed by atoms with Crippen molar-refractivity contribution in [2.75, 3.05) is 7.11 Å². The van der Waals surface area contributed by atoms with Crippen molar-refractivity contribution in [3.63, 3.8) is 0 Å². The second kappa shape index (κ2) is 4.96. The zero-order valence-corrected chi connectivity index (χ0v) is 9.85. The lowest BCUT2D eigenvalue weighted by Crippen LogP contribution is -2.30. The van der Waals surface area contributed by atoms with E-state index in [-0.39, 0.29) is 6.04 Å². The van der Waals surface area contributed by atoms with Crippen molar-refractivity contribution in [2.45, 2.75) is 31.7 Å². The van der Waals surface area contributed by atoms with E-state index in [1.807, 2.05) is 6.07 Å². The first-order valence-electron chi connectivity index (χ1n) is 5.42. The summed E-state index contributed by atoms with van der Waals surface area (Å²) in [5.74, 6) is 7.42. The quantitative estimate of drug-likeness (QED) is 0.599. The van der Waals surface area contributed by atoms with Crippen molar-refractivity contribution in [1.82, 2.24) is 5.43 Å². The number of thiophene rings is 1. The van der Waals surface area contributed by atoms with Crippen molar-refractivity contribution < 1.29 is 4.74 Å². The molecule has 0 radical (unpaired) electrons. The van der Waals surface area contributed by atoms with Crippen LogP contribution < -0.4 is 16.0 Å². The van der Waals surface area contributed by atoms with E-state index in [4.69, 9.17) is 10.6 Å². The van der Waals surface area contributed by atoms with Crippen LogP contribution in [0.3, 0.4) is 0 Å². The molecule has 0 aliphatic heterocycles. The highest BCUT2D eigenvalue weighted by atomic mass is 32.1. The molecule has 1 saturated carbocycles. The molecule has 1 heterocycles.